The summed E-state index contributed by atoms with van der Waals surface area (Å²) in [6.45, 7) is 6.09. The lowest BCUT2D eigenvalue weighted by atomic mass is 10.3. The van der Waals surface area contributed by atoms with Gasteiger partial charge in [0, 0.05) is 6.16 Å². The van der Waals surface area contributed by atoms with Gasteiger partial charge < -0.3 is 0 Å². The van der Waals surface area contributed by atoms with Crippen LogP contribution in [-0.4, -0.2) is 12.8 Å². The van der Waals surface area contributed by atoms with Crippen molar-refractivity contribution in [1.82, 2.24) is 0 Å². The van der Waals surface area contributed by atoms with E-state index in [1.54, 1.807) is 6.08 Å². The Morgan fingerprint density at radius 2 is 2.25 bits per heavy atom. The van der Waals surface area contributed by atoms with E-state index in [1.165, 1.54) is 0 Å². The average molecular weight is 192 g/mol. The van der Waals surface area contributed by atoms with Crippen molar-refractivity contribution >= 4 is 8.03 Å². The van der Waals surface area contributed by atoms with Crippen LogP contribution in [0.5, 0.6) is 0 Å². The second kappa shape index (κ2) is 8.98. The van der Waals surface area contributed by atoms with Crippen LogP contribution in [0.2, 0.25) is 0 Å². The molecule has 0 heterocycles. The maximum Gasteiger partial charge on any atom is 0.228 e. The van der Waals surface area contributed by atoms with E-state index in [1.807, 2.05) is 0 Å². The fraction of sp³-hybridized carbons (Fsp3) is 0.750. The second-order valence-corrected chi connectivity index (χ2v) is 3.80. The third-order valence-electron chi connectivity index (χ3n) is 1.29. The molecule has 0 aliphatic heterocycles. The predicted molar refractivity (Wildman–Crippen MR) is 50.6 cm³/mol. The first-order chi connectivity index (χ1) is 5.81. The van der Waals surface area contributed by atoms with E-state index in [9.17, 15) is 4.57 Å². The third-order valence-corrected chi connectivity index (χ3v) is 2.22. The van der Waals surface area contributed by atoms with Gasteiger partial charge in [0.1, 0.15) is 0 Å². The molecule has 0 N–H and O–H groups in total. The highest BCUT2D eigenvalue weighted by molar-refractivity contribution is 7.39. The SMILES string of the molecule is C=CC[PH](=O)OOCCCCC. The van der Waals surface area contributed by atoms with Crippen LogP contribution < -0.4 is 0 Å². The molecule has 0 amide bonds. The molecule has 0 spiro atoms. The number of hydrogen-bond donors (Lipinski definition) is 0. The molecule has 0 radical (unpaired) electrons. The number of allylic oxidation sites excluding steroid dienone is 1. The molecule has 0 aliphatic carbocycles. The van der Waals surface area contributed by atoms with Crippen molar-refractivity contribution in [3.05, 3.63) is 12.7 Å². The molecule has 0 aromatic rings. The highest BCUT2D eigenvalue weighted by Crippen LogP contribution is 2.21. The van der Waals surface area contributed by atoms with Gasteiger partial charge in [-0.2, -0.15) is 4.67 Å². The first kappa shape index (κ1) is 11.9. The molecule has 0 saturated heterocycles. The third kappa shape index (κ3) is 7.99. The molecule has 0 saturated carbocycles. The van der Waals surface area contributed by atoms with Gasteiger partial charge in [0.15, 0.2) is 0 Å². The molecule has 72 valence electrons. The zero-order valence-corrected chi connectivity index (χ0v) is 8.54. The van der Waals surface area contributed by atoms with Crippen LogP contribution in [0, 0.1) is 0 Å². The maximum absolute atomic E-state index is 10.8. The number of unbranched alkanes of at least 4 members (excludes halogenated alkanes) is 2. The van der Waals surface area contributed by atoms with Gasteiger partial charge in [0.2, 0.25) is 8.03 Å². The first-order valence-electron chi connectivity index (χ1n) is 4.24. The standard InChI is InChI=1S/C8H17O3P/c1-3-5-6-7-10-11-12(9)8-4-2/h4,12H,2-3,5-8H2,1H3. The smallest absolute Gasteiger partial charge is 0.228 e. The molecular weight excluding hydrogens is 175 g/mol. The summed E-state index contributed by atoms with van der Waals surface area (Å²) >= 11 is 0. The minimum atomic E-state index is -2.02. The summed E-state index contributed by atoms with van der Waals surface area (Å²) in [5.41, 5.74) is 0. The van der Waals surface area contributed by atoms with Crippen molar-refractivity contribution in [3.8, 4) is 0 Å². The van der Waals surface area contributed by atoms with Crippen molar-refractivity contribution < 1.29 is 14.1 Å². The van der Waals surface area contributed by atoms with Crippen LogP contribution in [0.1, 0.15) is 26.2 Å². The molecule has 3 nitrogen and oxygen atoms in total. The molecule has 0 bridgehead atoms. The minimum Gasteiger partial charge on any atom is -0.293 e. The fourth-order valence-electron chi connectivity index (χ4n) is 0.670. The Kier molecular flexibility index (Phi) is 8.90. The van der Waals surface area contributed by atoms with Gasteiger partial charge in [-0.3, -0.25) is 4.57 Å². The lowest BCUT2D eigenvalue weighted by Crippen LogP contribution is -1.91. The Bertz CT molecular complexity index is 136. The topological polar surface area (TPSA) is 35.5 Å². The van der Waals surface area contributed by atoms with Crippen LogP contribution in [0.15, 0.2) is 12.7 Å². The molecule has 0 fully saturated rings. The monoisotopic (exact) mass is 192 g/mol. The van der Waals surface area contributed by atoms with Crippen molar-refractivity contribution in [2.75, 3.05) is 12.8 Å². The Hall–Kier alpha value is -0.110. The first-order valence-corrected chi connectivity index (χ1v) is 5.76. The largest absolute Gasteiger partial charge is 0.293 e. The van der Waals surface area contributed by atoms with E-state index >= 15 is 0 Å². The van der Waals surface area contributed by atoms with Crippen molar-refractivity contribution in [2.45, 2.75) is 26.2 Å². The Balaban J connectivity index is 3.08. The van der Waals surface area contributed by atoms with E-state index in [-0.39, 0.29) is 0 Å². The summed E-state index contributed by atoms with van der Waals surface area (Å²) in [6.07, 6.45) is 5.17. The molecule has 0 aliphatic rings. The Morgan fingerprint density at radius 3 is 2.83 bits per heavy atom. The van der Waals surface area contributed by atoms with Crippen LogP contribution in [0.25, 0.3) is 0 Å². The number of hydrogen-bond acceptors (Lipinski definition) is 3. The van der Waals surface area contributed by atoms with Crippen LogP contribution >= 0.6 is 8.03 Å². The highest BCUT2D eigenvalue weighted by Gasteiger charge is 1.96. The molecule has 0 aromatic heterocycles. The molecule has 0 rings (SSSR count). The Labute approximate surface area is 74.6 Å². The van der Waals surface area contributed by atoms with Crippen LogP contribution in [0.3, 0.4) is 0 Å². The summed E-state index contributed by atoms with van der Waals surface area (Å²) in [7, 11) is -2.02. The predicted octanol–water partition coefficient (Wildman–Crippen LogP) is 2.79. The van der Waals surface area contributed by atoms with Gasteiger partial charge in [0.05, 0.1) is 6.61 Å². The lowest BCUT2D eigenvalue weighted by Gasteiger charge is -2.01. The van der Waals surface area contributed by atoms with Gasteiger partial charge in [-0.05, 0) is 6.42 Å². The van der Waals surface area contributed by atoms with E-state index in [2.05, 4.69) is 18.2 Å². The van der Waals surface area contributed by atoms with Crippen molar-refractivity contribution in [1.29, 1.82) is 0 Å². The summed E-state index contributed by atoms with van der Waals surface area (Å²) in [6, 6.07) is 0. The number of rotatable bonds is 8. The van der Waals surface area contributed by atoms with Gasteiger partial charge in [-0.25, -0.2) is 4.89 Å². The zero-order valence-electron chi connectivity index (χ0n) is 7.54. The molecule has 4 heteroatoms. The van der Waals surface area contributed by atoms with Gasteiger partial charge in [-0.15, -0.1) is 6.58 Å². The van der Waals surface area contributed by atoms with E-state index in [0.29, 0.717) is 12.8 Å². The Morgan fingerprint density at radius 1 is 1.50 bits per heavy atom. The molecule has 12 heavy (non-hydrogen) atoms. The zero-order chi connectivity index (χ0) is 9.23. The van der Waals surface area contributed by atoms with Crippen molar-refractivity contribution in [2.24, 2.45) is 0 Å². The van der Waals surface area contributed by atoms with Gasteiger partial charge in [0.25, 0.3) is 0 Å². The van der Waals surface area contributed by atoms with E-state index in [0.717, 1.165) is 19.3 Å². The normalized spacial score (nSPS) is 12.8. The summed E-state index contributed by atoms with van der Waals surface area (Å²) in [5, 5.41) is 0. The average Bonchev–Trinajstić information content (AvgIpc) is 2.05. The van der Waals surface area contributed by atoms with E-state index < -0.39 is 8.03 Å². The fourth-order valence-corrected chi connectivity index (χ4v) is 1.19. The summed E-state index contributed by atoms with van der Waals surface area (Å²) in [4.78, 5) is 4.74. The van der Waals surface area contributed by atoms with Gasteiger partial charge >= 0.3 is 0 Å². The molecule has 0 aromatic carbocycles. The van der Waals surface area contributed by atoms with E-state index in [4.69, 9.17) is 4.89 Å². The van der Waals surface area contributed by atoms with Gasteiger partial charge in [-0.1, -0.05) is 25.8 Å². The van der Waals surface area contributed by atoms with Crippen molar-refractivity contribution in [3.63, 3.8) is 0 Å². The quantitative estimate of drug-likeness (QED) is 0.195. The van der Waals surface area contributed by atoms with Crippen LogP contribution in [-0.2, 0) is 14.1 Å². The minimum absolute atomic E-state index is 0.387. The van der Waals surface area contributed by atoms with Crippen LogP contribution in [0.4, 0.5) is 0 Å². The molecule has 1 unspecified atom stereocenters. The highest BCUT2D eigenvalue weighted by atomic mass is 31.1. The molecule has 1 atom stereocenters. The lowest BCUT2D eigenvalue weighted by molar-refractivity contribution is -0.201. The summed E-state index contributed by atoms with van der Waals surface area (Å²) in [5.74, 6) is 0. The maximum atomic E-state index is 10.8. The second-order valence-electron chi connectivity index (χ2n) is 2.48. The summed E-state index contributed by atoms with van der Waals surface area (Å²) < 4.78 is 15.4. The molecular formula is C8H17O3P.